The van der Waals surface area contributed by atoms with E-state index in [9.17, 15) is 4.79 Å². The average Bonchev–Trinajstić information content (AvgIpc) is 3.18. The van der Waals surface area contributed by atoms with Gasteiger partial charge in [0.15, 0.2) is 6.79 Å². The van der Waals surface area contributed by atoms with Crippen LogP contribution in [0, 0.1) is 0 Å². The van der Waals surface area contributed by atoms with E-state index in [1.165, 1.54) is 7.11 Å². The molecule has 0 atom stereocenters. The summed E-state index contributed by atoms with van der Waals surface area (Å²) in [6.45, 7) is 2.42. The highest BCUT2D eigenvalue weighted by atomic mass is 35.5. The monoisotopic (exact) mass is 480 g/mol. The zero-order valence-electron chi connectivity index (χ0n) is 18.9. The smallest absolute Gasteiger partial charge is 0.341 e. The number of hydrogen-bond donors (Lipinski definition) is 1. The van der Waals surface area contributed by atoms with Crippen molar-refractivity contribution in [3.8, 4) is 17.2 Å². The summed E-state index contributed by atoms with van der Waals surface area (Å²) < 4.78 is 23.7. The fraction of sp³-hybridized carbons (Fsp3) is 0.192. The quantitative estimate of drug-likeness (QED) is 0.248. The molecule has 0 unspecified atom stereocenters. The molecule has 1 heterocycles. The highest BCUT2D eigenvalue weighted by molar-refractivity contribution is 6.30. The summed E-state index contributed by atoms with van der Waals surface area (Å²) in [7, 11) is 1.51. The highest BCUT2D eigenvalue weighted by Gasteiger charge is 2.17. The van der Waals surface area contributed by atoms with Crippen LogP contribution in [-0.2, 0) is 16.1 Å². The zero-order valence-corrected chi connectivity index (χ0v) is 19.7. The van der Waals surface area contributed by atoms with Gasteiger partial charge in [-0.05, 0) is 48.9 Å². The third-order valence-corrected chi connectivity index (χ3v) is 5.45. The largest absolute Gasteiger partial charge is 0.489 e. The molecule has 0 bridgehead atoms. The van der Waals surface area contributed by atoms with Crippen LogP contribution >= 0.6 is 11.6 Å². The Labute approximate surface area is 202 Å². The van der Waals surface area contributed by atoms with Gasteiger partial charge in [0.25, 0.3) is 0 Å². The van der Waals surface area contributed by atoms with Crippen LogP contribution in [0.3, 0.4) is 0 Å². The Kier molecular flexibility index (Phi) is 7.25. The normalized spacial score (nSPS) is 10.9. The maximum Gasteiger partial charge on any atom is 0.341 e. The second-order valence-corrected chi connectivity index (χ2v) is 7.94. The van der Waals surface area contributed by atoms with E-state index >= 15 is 0 Å². The van der Waals surface area contributed by atoms with E-state index in [0.29, 0.717) is 34.4 Å². The number of halogens is 1. The van der Waals surface area contributed by atoms with Gasteiger partial charge in [0.05, 0.1) is 17.8 Å². The lowest BCUT2D eigenvalue weighted by molar-refractivity contribution is 0.0438. The Morgan fingerprint density at radius 2 is 1.82 bits per heavy atom. The molecule has 4 aromatic rings. The van der Waals surface area contributed by atoms with E-state index in [1.807, 2.05) is 59.3 Å². The van der Waals surface area contributed by atoms with Crippen molar-refractivity contribution in [1.29, 1.82) is 0 Å². The predicted octanol–water partition coefficient (Wildman–Crippen LogP) is 5.60. The third kappa shape index (κ3) is 5.11. The van der Waals surface area contributed by atoms with Gasteiger partial charge in [-0.15, -0.1) is 0 Å². The lowest BCUT2D eigenvalue weighted by Gasteiger charge is -2.13. The fourth-order valence-corrected chi connectivity index (χ4v) is 3.69. The van der Waals surface area contributed by atoms with Crippen LogP contribution < -0.4 is 15.2 Å². The van der Waals surface area contributed by atoms with Crippen molar-refractivity contribution in [2.45, 2.75) is 13.5 Å². The van der Waals surface area contributed by atoms with E-state index in [1.54, 1.807) is 19.1 Å². The van der Waals surface area contributed by atoms with Gasteiger partial charge in [-0.1, -0.05) is 23.7 Å². The summed E-state index contributed by atoms with van der Waals surface area (Å²) in [6.07, 6.45) is 1.83. The van der Waals surface area contributed by atoms with Crippen molar-refractivity contribution < 1.29 is 23.7 Å². The molecule has 0 fully saturated rings. The molecule has 0 aliphatic carbocycles. The maximum atomic E-state index is 12.4. The molecule has 2 N–H and O–H groups in total. The first-order chi connectivity index (χ1) is 16.5. The van der Waals surface area contributed by atoms with Gasteiger partial charge in [-0.25, -0.2) is 4.79 Å². The van der Waals surface area contributed by atoms with Crippen LogP contribution in [0.25, 0.3) is 16.6 Å². The second-order valence-electron chi connectivity index (χ2n) is 7.50. The lowest BCUT2D eigenvalue weighted by Crippen LogP contribution is -2.10. The van der Waals surface area contributed by atoms with Crippen molar-refractivity contribution in [2.75, 3.05) is 26.2 Å². The number of nitrogens with zero attached hydrogens (tertiary/aromatic N) is 1. The minimum absolute atomic E-state index is 0.00684. The summed E-state index contributed by atoms with van der Waals surface area (Å²) >= 11 is 5.96. The summed E-state index contributed by atoms with van der Waals surface area (Å²) in [4.78, 5) is 12.4. The summed E-state index contributed by atoms with van der Waals surface area (Å²) in [5, 5.41) is 1.56. The SMILES string of the molecule is CCOC(=O)c1ccc(-n2cc(N)c3ccc(OCc4ccc(Cl)cc4)cc32)cc1OCOC. The first-order valence-electron chi connectivity index (χ1n) is 10.7. The van der Waals surface area contributed by atoms with Crippen molar-refractivity contribution in [3.05, 3.63) is 83.0 Å². The number of carbonyl (C=O) groups is 1. The number of benzene rings is 3. The number of anilines is 1. The molecule has 0 aliphatic heterocycles. The lowest BCUT2D eigenvalue weighted by atomic mass is 10.1. The minimum atomic E-state index is -0.463. The number of nitrogens with two attached hydrogens (primary N) is 1. The molecule has 0 saturated carbocycles. The minimum Gasteiger partial charge on any atom is -0.489 e. The molecule has 34 heavy (non-hydrogen) atoms. The Hall–Kier alpha value is -3.68. The average molecular weight is 481 g/mol. The summed E-state index contributed by atoms with van der Waals surface area (Å²) in [5.74, 6) is 0.587. The van der Waals surface area contributed by atoms with Crippen LogP contribution in [-0.4, -0.2) is 31.0 Å². The molecule has 0 spiro atoms. The van der Waals surface area contributed by atoms with Crippen LogP contribution in [0.2, 0.25) is 5.02 Å². The number of methoxy groups -OCH3 is 1. The molecular formula is C26H25ClN2O5. The standard InChI is InChI=1S/C26H25ClN2O5/c1-3-32-26(30)22-10-8-19(12-25(22)34-16-31-2)29-14-23(28)21-11-9-20(13-24(21)29)33-15-17-4-6-18(27)7-5-17/h4-14H,3,15-16,28H2,1-2H3. The number of nitrogen functional groups attached to an aromatic ring is 1. The Bertz CT molecular complexity index is 1300. The van der Waals surface area contributed by atoms with Crippen molar-refractivity contribution in [1.82, 2.24) is 4.57 Å². The van der Waals surface area contributed by atoms with Gasteiger partial charge in [-0.3, -0.25) is 0 Å². The Balaban J connectivity index is 1.68. The molecule has 0 amide bonds. The maximum absolute atomic E-state index is 12.4. The van der Waals surface area contributed by atoms with Gasteiger partial charge in [0.2, 0.25) is 0 Å². The number of ether oxygens (including phenoxy) is 4. The van der Waals surface area contributed by atoms with Crippen molar-refractivity contribution in [2.24, 2.45) is 0 Å². The van der Waals surface area contributed by atoms with Crippen molar-refractivity contribution in [3.63, 3.8) is 0 Å². The number of rotatable bonds is 9. The summed E-state index contributed by atoms with van der Waals surface area (Å²) in [6, 6.07) is 18.5. The van der Waals surface area contributed by atoms with E-state index in [0.717, 1.165) is 22.2 Å². The van der Waals surface area contributed by atoms with Gasteiger partial charge in [0, 0.05) is 41.5 Å². The van der Waals surface area contributed by atoms with Gasteiger partial charge >= 0.3 is 5.97 Å². The highest BCUT2D eigenvalue weighted by Crippen LogP contribution is 2.32. The number of aromatic nitrogens is 1. The molecule has 0 radical (unpaired) electrons. The molecule has 176 valence electrons. The van der Waals surface area contributed by atoms with E-state index in [-0.39, 0.29) is 13.4 Å². The second kappa shape index (κ2) is 10.5. The van der Waals surface area contributed by atoms with Gasteiger partial charge in [0.1, 0.15) is 23.7 Å². The number of carbonyl (C=O) groups excluding carboxylic acids is 1. The van der Waals surface area contributed by atoms with Crippen LogP contribution in [0.4, 0.5) is 5.69 Å². The molecule has 1 aromatic heterocycles. The molecule has 3 aromatic carbocycles. The zero-order chi connectivity index (χ0) is 24.1. The molecule has 0 aliphatic rings. The third-order valence-electron chi connectivity index (χ3n) is 5.20. The number of hydrogen-bond acceptors (Lipinski definition) is 6. The topological polar surface area (TPSA) is 84.9 Å². The van der Waals surface area contributed by atoms with E-state index in [2.05, 4.69) is 0 Å². The van der Waals surface area contributed by atoms with Crippen LogP contribution in [0.1, 0.15) is 22.8 Å². The Morgan fingerprint density at radius 1 is 1.03 bits per heavy atom. The molecule has 7 nitrogen and oxygen atoms in total. The van der Waals surface area contributed by atoms with E-state index < -0.39 is 5.97 Å². The van der Waals surface area contributed by atoms with Crippen molar-refractivity contribution >= 4 is 34.2 Å². The predicted molar refractivity (Wildman–Crippen MR) is 132 cm³/mol. The van der Waals surface area contributed by atoms with Gasteiger partial charge in [-0.2, -0.15) is 0 Å². The number of fused-ring (bicyclic) bond motifs is 1. The summed E-state index contributed by atoms with van der Waals surface area (Å²) in [5.41, 5.74) is 9.84. The fourth-order valence-electron chi connectivity index (χ4n) is 3.56. The molecule has 8 heteroatoms. The van der Waals surface area contributed by atoms with E-state index in [4.69, 9.17) is 36.3 Å². The van der Waals surface area contributed by atoms with Gasteiger partial charge < -0.3 is 29.2 Å². The number of esters is 1. The molecule has 0 saturated heterocycles. The Morgan fingerprint density at radius 3 is 2.56 bits per heavy atom. The van der Waals surface area contributed by atoms with Crippen LogP contribution in [0.15, 0.2) is 66.9 Å². The first kappa shape index (κ1) is 23.5. The first-order valence-corrected chi connectivity index (χ1v) is 11.1. The molecular weight excluding hydrogens is 456 g/mol. The molecule has 4 rings (SSSR count). The van der Waals surface area contributed by atoms with Crippen LogP contribution in [0.5, 0.6) is 11.5 Å².